The Bertz CT molecular complexity index is 693. The van der Waals surface area contributed by atoms with Gasteiger partial charge in [0.2, 0.25) is 0 Å². The van der Waals surface area contributed by atoms with Crippen molar-refractivity contribution in [2.75, 3.05) is 0 Å². The van der Waals surface area contributed by atoms with E-state index in [1.807, 2.05) is 0 Å². The first-order chi connectivity index (χ1) is 8.72. The van der Waals surface area contributed by atoms with E-state index in [1.165, 1.54) is 27.1 Å². The SMILES string of the molecule is CC(C)Cc1c[c]c2cc3ccccc3cc2c1. The van der Waals surface area contributed by atoms with Crippen molar-refractivity contribution < 1.29 is 0 Å². The van der Waals surface area contributed by atoms with Gasteiger partial charge in [-0.1, -0.05) is 50.2 Å². The van der Waals surface area contributed by atoms with E-state index in [1.54, 1.807) is 0 Å². The van der Waals surface area contributed by atoms with Crippen molar-refractivity contribution in [2.45, 2.75) is 20.3 Å². The normalized spacial score (nSPS) is 11.5. The Morgan fingerprint density at radius 2 is 1.67 bits per heavy atom. The Balaban J connectivity index is 2.18. The van der Waals surface area contributed by atoms with Crippen LogP contribution in [0.15, 0.2) is 48.5 Å². The van der Waals surface area contributed by atoms with Gasteiger partial charge in [0.15, 0.2) is 0 Å². The second-order valence-corrected chi connectivity index (χ2v) is 5.39. The number of rotatable bonds is 2. The molecule has 0 aliphatic heterocycles. The average molecular weight is 233 g/mol. The van der Waals surface area contributed by atoms with Crippen LogP contribution in [0.25, 0.3) is 21.5 Å². The van der Waals surface area contributed by atoms with Crippen LogP contribution < -0.4 is 0 Å². The highest BCUT2D eigenvalue weighted by molar-refractivity contribution is 5.98. The summed E-state index contributed by atoms with van der Waals surface area (Å²) in [4.78, 5) is 0. The first-order valence-electron chi connectivity index (χ1n) is 6.55. The first-order valence-corrected chi connectivity index (χ1v) is 6.55. The molecule has 0 N–H and O–H groups in total. The van der Waals surface area contributed by atoms with E-state index >= 15 is 0 Å². The second kappa shape index (κ2) is 4.45. The summed E-state index contributed by atoms with van der Waals surface area (Å²) < 4.78 is 0. The lowest BCUT2D eigenvalue weighted by Gasteiger charge is -2.07. The Morgan fingerprint density at radius 1 is 0.944 bits per heavy atom. The van der Waals surface area contributed by atoms with E-state index in [4.69, 9.17) is 0 Å². The molecule has 0 fully saturated rings. The van der Waals surface area contributed by atoms with Crippen LogP contribution in [0, 0.1) is 12.0 Å². The zero-order chi connectivity index (χ0) is 12.5. The highest BCUT2D eigenvalue weighted by atomic mass is 14.1. The summed E-state index contributed by atoms with van der Waals surface area (Å²) in [6.45, 7) is 4.51. The van der Waals surface area contributed by atoms with E-state index < -0.39 is 0 Å². The molecule has 0 atom stereocenters. The maximum atomic E-state index is 3.42. The van der Waals surface area contributed by atoms with Gasteiger partial charge in [0.05, 0.1) is 0 Å². The summed E-state index contributed by atoms with van der Waals surface area (Å²) in [7, 11) is 0. The third-order valence-corrected chi connectivity index (χ3v) is 3.32. The lowest BCUT2D eigenvalue weighted by atomic mass is 9.98. The minimum absolute atomic E-state index is 0.691. The Morgan fingerprint density at radius 3 is 2.39 bits per heavy atom. The molecule has 18 heavy (non-hydrogen) atoms. The van der Waals surface area contributed by atoms with Gasteiger partial charge in [0, 0.05) is 0 Å². The van der Waals surface area contributed by atoms with Gasteiger partial charge < -0.3 is 0 Å². The smallest absolute Gasteiger partial charge is 0.00961 e. The summed E-state index contributed by atoms with van der Waals surface area (Å²) in [6.07, 6.45) is 1.12. The number of hydrogen-bond acceptors (Lipinski definition) is 0. The molecule has 0 spiro atoms. The van der Waals surface area contributed by atoms with Crippen molar-refractivity contribution in [1.82, 2.24) is 0 Å². The molecule has 0 unspecified atom stereocenters. The minimum Gasteiger partial charge on any atom is -0.0625 e. The van der Waals surface area contributed by atoms with Crippen molar-refractivity contribution in [3.05, 3.63) is 60.2 Å². The van der Waals surface area contributed by atoms with Gasteiger partial charge in [-0.05, 0) is 57.6 Å². The van der Waals surface area contributed by atoms with Gasteiger partial charge in [0.1, 0.15) is 0 Å². The summed E-state index contributed by atoms with van der Waals surface area (Å²) >= 11 is 0. The van der Waals surface area contributed by atoms with Crippen LogP contribution in [-0.2, 0) is 6.42 Å². The Labute approximate surface area is 108 Å². The largest absolute Gasteiger partial charge is 0.0625 e. The molecule has 0 aliphatic rings. The summed E-state index contributed by atoms with van der Waals surface area (Å²) in [5.41, 5.74) is 1.38. The van der Waals surface area contributed by atoms with Crippen LogP contribution in [0.2, 0.25) is 0 Å². The van der Waals surface area contributed by atoms with Crippen molar-refractivity contribution in [1.29, 1.82) is 0 Å². The predicted molar refractivity (Wildman–Crippen MR) is 78.8 cm³/mol. The Kier molecular flexibility index (Phi) is 2.79. The van der Waals surface area contributed by atoms with E-state index in [0.717, 1.165) is 6.42 Å². The molecule has 0 heteroatoms. The predicted octanol–water partition coefficient (Wildman–Crippen LogP) is 4.99. The lowest BCUT2D eigenvalue weighted by Crippen LogP contribution is -1.93. The summed E-state index contributed by atoms with van der Waals surface area (Å²) in [5, 5.41) is 5.10. The van der Waals surface area contributed by atoms with Crippen LogP contribution in [0.1, 0.15) is 19.4 Å². The molecule has 0 nitrogen and oxygen atoms in total. The van der Waals surface area contributed by atoms with E-state index in [2.05, 4.69) is 68.4 Å². The molecule has 0 saturated heterocycles. The molecular formula is C18H17. The van der Waals surface area contributed by atoms with Crippen LogP contribution >= 0.6 is 0 Å². The zero-order valence-electron chi connectivity index (χ0n) is 10.9. The highest BCUT2D eigenvalue weighted by Crippen LogP contribution is 2.24. The maximum Gasteiger partial charge on any atom is -0.00961 e. The van der Waals surface area contributed by atoms with Crippen molar-refractivity contribution in [2.24, 2.45) is 5.92 Å². The molecule has 3 rings (SSSR count). The van der Waals surface area contributed by atoms with Gasteiger partial charge in [-0.15, -0.1) is 0 Å². The minimum atomic E-state index is 0.691. The molecule has 3 aromatic carbocycles. The summed E-state index contributed by atoms with van der Waals surface area (Å²) in [5.74, 6) is 0.691. The molecular weight excluding hydrogens is 216 g/mol. The average Bonchev–Trinajstić information content (AvgIpc) is 2.35. The molecule has 0 bridgehead atoms. The second-order valence-electron chi connectivity index (χ2n) is 5.39. The molecule has 0 aromatic heterocycles. The number of fused-ring (bicyclic) bond motifs is 2. The van der Waals surface area contributed by atoms with E-state index in [-0.39, 0.29) is 0 Å². The van der Waals surface area contributed by atoms with Crippen LogP contribution in [0.4, 0.5) is 0 Å². The van der Waals surface area contributed by atoms with Gasteiger partial charge in [-0.3, -0.25) is 0 Å². The molecule has 89 valence electrons. The van der Waals surface area contributed by atoms with E-state index in [0.29, 0.717) is 5.92 Å². The fourth-order valence-corrected chi connectivity index (χ4v) is 2.50. The molecule has 3 aromatic rings. The fraction of sp³-hybridized carbons (Fsp3) is 0.222. The third kappa shape index (κ3) is 2.11. The quantitative estimate of drug-likeness (QED) is 0.547. The monoisotopic (exact) mass is 233 g/mol. The van der Waals surface area contributed by atoms with Gasteiger partial charge in [-0.25, -0.2) is 0 Å². The lowest BCUT2D eigenvalue weighted by molar-refractivity contribution is 0.648. The van der Waals surface area contributed by atoms with Crippen molar-refractivity contribution in [3.8, 4) is 0 Å². The summed E-state index contributed by atoms with van der Waals surface area (Å²) in [6, 6.07) is 20.9. The van der Waals surface area contributed by atoms with Crippen molar-refractivity contribution >= 4 is 21.5 Å². The van der Waals surface area contributed by atoms with Gasteiger partial charge in [0.25, 0.3) is 0 Å². The van der Waals surface area contributed by atoms with Crippen LogP contribution in [0.5, 0.6) is 0 Å². The van der Waals surface area contributed by atoms with Crippen LogP contribution in [0.3, 0.4) is 0 Å². The van der Waals surface area contributed by atoms with Crippen LogP contribution in [-0.4, -0.2) is 0 Å². The molecule has 0 aliphatic carbocycles. The Hall–Kier alpha value is -1.82. The molecule has 0 amide bonds. The highest BCUT2D eigenvalue weighted by Gasteiger charge is 2.01. The number of hydrogen-bond donors (Lipinski definition) is 0. The first kappa shape index (κ1) is 11.3. The topological polar surface area (TPSA) is 0 Å². The molecule has 0 heterocycles. The maximum absolute atomic E-state index is 3.42. The van der Waals surface area contributed by atoms with Gasteiger partial charge in [-0.2, -0.15) is 0 Å². The van der Waals surface area contributed by atoms with Crippen molar-refractivity contribution in [3.63, 3.8) is 0 Å². The van der Waals surface area contributed by atoms with E-state index in [9.17, 15) is 0 Å². The number of benzene rings is 3. The fourth-order valence-electron chi connectivity index (χ4n) is 2.50. The third-order valence-electron chi connectivity index (χ3n) is 3.32. The molecule has 1 radical (unpaired) electrons. The zero-order valence-corrected chi connectivity index (χ0v) is 10.9. The van der Waals surface area contributed by atoms with Gasteiger partial charge >= 0.3 is 0 Å². The standard InChI is InChI=1S/C18H17/c1-13(2)9-14-7-8-17-11-15-5-3-4-6-16(15)12-18(17)10-14/h3-7,10-13H,9H2,1-2H3. The molecule has 0 saturated carbocycles.